The van der Waals surface area contributed by atoms with Crippen LogP contribution in [0.3, 0.4) is 0 Å². The molecule has 0 unspecified atom stereocenters. The van der Waals surface area contributed by atoms with Gasteiger partial charge in [0.1, 0.15) is 6.33 Å². The lowest BCUT2D eigenvalue weighted by atomic mass is 9.90. The van der Waals surface area contributed by atoms with Crippen LogP contribution in [-0.4, -0.2) is 9.97 Å². The summed E-state index contributed by atoms with van der Waals surface area (Å²) in [7, 11) is 0. The van der Waals surface area contributed by atoms with Crippen LogP contribution < -0.4 is 0 Å². The van der Waals surface area contributed by atoms with Crippen LogP contribution in [0.25, 0.3) is 0 Å². The van der Waals surface area contributed by atoms with Gasteiger partial charge in [-0.05, 0) is 11.8 Å². The van der Waals surface area contributed by atoms with Gasteiger partial charge < -0.3 is 0 Å². The number of halogens is 1. The molecular weight excluding hydrogens is 155 g/mol. The topological polar surface area (TPSA) is 25.8 Å². The van der Waals surface area contributed by atoms with Crippen molar-refractivity contribution in [3.8, 4) is 0 Å². The number of hydrogen-bond acceptors (Lipinski definition) is 2. The van der Waals surface area contributed by atoms with Crippen LogP contribution in [-0.2, 0) is 6.42 Å². The lowest BCUT2D eigenvalue weighted by Gasteiger charge is -2.16. The van der Waals surface area contributed by atoms with E-state index in [-0.39, 0.29) is 5.41 Å². The molecule has 0 aromatic carbocycles. The highest BCUT2D eigenvalue weighted by atomic mass is 19.1. The normalized spacial score (nSPS) is 11.7. The maximum Gasteiger partial charge on any atom is 0.216 e. The van der Waals surface area contributed by atoms with Crippen LogP contribution in [0.5, 0.6) is 0 Å². The number of aromatic nitrogens is 2. The predicted molar refractivity (Wildman–Crippen MR) is 45.1 cm³/mol. The van der Waals surface area contributed by atoms with Crippen LogP contribution in [0.15, 0.2) is 12.4 Å². The highest BCUT2D eigenvalue weighted by Gasteiger charge is 2.12. The summed E-state index contributed by atoms with van der Waals surface area (Å²) in [5, 5.41) is 0. The minimum Gasteiger partial charge on any atom is -0.241 e. The minimum atomic E-state index is -0.454. The van der Waals surface area contributed by atoms with Crippen molar-refractivity contribution >= 4 is 0 Å². The van der Waals surface area contributed by atoms with Gasteiger partial charge in [-0.2, -0.15) is 4.39 Å². The fourth-order valence-electron chi connectivity index (χ4n) is 1.01. The van der Waals surface area contributed by atoms with E-state index >= 15 is 0 Å². The van der Waals surface area contributed by atoms with Gasteiger partial charge in [0.05, 0.1) is 0 Å². The molecule has 0 amide bonds. The summed E-state index contributed by atoms with van der Waals surface area (Å²) in [4.78, 5) is 7.37. The van der Waals surface area contributed by atoms with E-state index in [1.54, 1.807) is 0 Å². The Morgan fingerprint density at radius 2 is 2.00 bits per heavy atom. The summed E-state index contributed by atoms with van der Waals surface area (Å²) in [6.07, 6.45) is 2.03. The van der Waals surface area contributed by atoms with Crippen LogP contribution in [0.2, 0.25) is 0 Å². The average Bonchev–Trinajstić information content (AvgIpc) is 1.82. The molecule has 0 bridgehead atoms. The van der Waals surface area contributed by atoms with E-state index in [2.05, 4.69) is 30.7 Å². The van der Waals surface area contributed by atoms with Crippen LogP contribution in [0, 0.1) is 11.4 Å². The largest absolute Gasteiger partial charge is 0.241 e. The molecule has 12 heavy (non-hydrogen) atoms. The van der Waals surface area contributed by atoms with E-state index in [4.69, 9.17) is 0 Å². The molecule has 0 saturated carbocycles. The molecular formula is C9H13FN2. The van der Waals surface area contributed by atoms with Gasteiger partial charge in [0, 0.05) is 11.8 Å². The number of nitrogens with zero attached hydrogens (tertiary/aromatic N) is 2. The molecule has 0 aliphatic rings. The molecule has 66 valence electrons. The summed E-state index contributed by atoms with van der Waals surface area (Å²) in [6, 6.07) is 1.38. The standard InChI is InChI=1S/C9H13FN2/c1-9(2,3)5-7-4-8(10)12-6-11-7/h4,6H,5H2,1-3H3. The SMILES string of the molecule is CC(C)(C)Cc1cc(F)ncn1. The second-order valence-corrected chi connectivity index (χ2v) is 4.07. The monoisotopic (exact) mass is 168 g/mol. The highest BCUT2D eigenvalue weighted by molar-refractivity contribution is 5.01. The first kappa shape index (κ1) is 9.10. The summed E-state index contributed by atoms with van der Waals surface area (Å²) in [5.41, 5.74) is 0.899. The van der Waals surface area contributed by atoms with Crippen molar-refractivity contribution in [2.24, 2.45) is 5.41 Å². The van der Waals surface area contributed by atoms with Crippen LogP contribution >= 0.6 is 0 Å². The van der Waals surface area contributed by atoms with E-state index in [9.17, 15) is 4.39 Å². The van der Waals surface area contributed by atoms with Crippen molar-refractivity contribution in [1.29, 1.82) is 0 Å². The van der Waals surface area contributed by atoms with E-state index in [1.165, 1.54) is 12.4 Å². The molecule has 3 heteroatoms. The van der Waals surface area contributed by atoms with E-state index in [0.29, 0.717) is 0 Å². The zero-order valence-corrected chi connectivity index (χ0v) is 7.63. The first-order valence-corrected chi connectivity index (χ1v) is 3.94. The third-order valence-electron chi connectivity index (χ3n) is 1.40. The first-order chi connectivity index (χ1) is 5.47. The molecule has 0 spiro atoms. The Labute approximate surface area is 71.9 Å². The molecule has 0 fully saturated rings. The molecule has 0 radical (unpaired) electrons. The fourth-order valence-corrected chi connectivity index (χ4v) is 1.01. The summed E-state index contributed by atoms with van der Waals surface area (Å²) >= 11 is 0. The molecule has 2 nitrogen and oxygen atoms in total. The van der Waals surface area contributed by atoms with Gasteiger partial charge >= 0.3 is 0 Å². The Hall–Kier alpha value is -0.990. The van der Waals surface area contributed by atoms with Crippen LogP contribution in [0.1, 0.15) is 26.5 Å². The highest BCUT2D eigenvalue weighted by Crippen LogP contribution is 2.18. The molecule has 0 aliphatic carbocycles. The minimum absolute atomic E-state index is 0.140. The zero-order valence-electron chi connectivity index (χ0n) is 7.63. The van der Waals surface area contributed by atoms with Crippen molar-refractivity contribution in [2.45, 2.75) is 27.2 Å². The zero-order chi connectivity index (χ0) is 9.19. The van der Waals surface area contributed by atoms with E-state index < -0.39 is 5.95 Å². The summed E-state index contributed by atoms with van der Waals surface area (Å²) in [6.45, 7) is 6.27. The molecule has 1 heterocycles. The van der Waals surface area contributed by atoms with Crippen molar-refractivity contribution < 1.29 is 4.39 Å². The van der Waals surface area contributed by atoms with E-state index in [0.717, 1.165) is 12.1 Å². The summed E-state index contributed by atoms with van der Waals surface area (Å²) < 4.78 is 12.6. The lowest BCUT2D eigenvalue weighted by molar-refractivity contribution is 0.404. The first-order valence-electron chi connectivity index (χ1n) is 3.94. The Balaban J connectivity index is 2.77. The van der Waals surface area contributed by atoms with E-state index in [1.807, 2.05) is 0 Å². The average molecular weight is 168 g/mol. The second kappa shape index (κ2) is 3.17. The van der Waals surface area contributed by atoms with Gasteiger partial charge in [-0.3, -0.25) is 0 Å². The van der Waals surface area contributed by atoms with Crippen LogP contribution in [0.4, 0.5) is 4.39 Å². The third-order valence-corrected chi connectivity index (χ3v) is 1.40. The van der Waals surface area contributed by atoms with Crippen molar-refractivity contribution in [3.63, 3.8) is 0 Å². The lowest BCUT2D eigenvalue weighted by Crippen LogP contribution is -2.10. The van der Waals surface area contributed by atoms with Gasteiger partial charge in [-0.1, -0.05) is 20.8 Å². The Morgan fingerprint density at radius 1 is 1.33 bits per heavy atom. The predicted octanol–water partition coefficient (Wildman–Crippen LogP) is 2.20. The van der Waals surface area contributed by atoms with Gasteiger partial charge in [0.2, 0.25) is 5.95 Å². The quantitative estimate of drug-likeness (QED) is 0.601. The fraction of sp³-hybridized carbons (Fsp3) is 0.556. The molecule has 0 saturated heterocycles. The van der Waals surface area contributed by atoms with Gasteiger partial charge in [-0.15, -0.1) is 0 Å². The third kappa shape index (κ3) is 2.95. The van der Waals surface area contributed by atoms with Crippen molar-refractivity contribution in [1.82, 2.24) is 9.97 Å². The van der Waals surface area contributed by atoms with Crippen molar-refractivity contribution in [3.05, 3.63) is 24.0 Å². The molecule has 1 aromatic rings. The van der Waals surface area contributed by atoms with Gasteiger partial charge in [0.25, 0.3) is 0 Å². The second-order valence-electron chi connectivity index (χ2n) is 4.07. The molecule has 0 aliphatic heterocycles. The molecule has 1 aromatic heterocycles. The summed E-state index contributed by atoms with van der Waals surface area (Å²) in [5.74, 6) is -0.454. The molecule has 0 N–H and O–H groups in total. The maximum atomic E-state index is 12.6. The maximum absolute atomic E-state index is 12.6. The van der Waals surface area contributed by atoms with Gasteiger partial charge in [0.15, 0.2) is 0 Å². The molecule has 0 atom stereocenters. The Bertz CT molecular complexity index is 265. The number of hydrogen-bond donors (Lipinski definition) is 0. The number of rotatable bonds is 1. The Kier molecular flexibility index (Phi) is 2.40. The van der Waals surface area contributed by atoms with Gasteiger partial charge in [-0.25, -0.2) is 9.97 Å². The molecule has 1 rings (SSSR count). The van der Waals surface area contributed by atoms with Crippen molar-refractivity contribution in [2.75, 3.05) is 0 Å². The Morgan fingerprint density at radius 3 is 2.50 bits per heavy atom. The smallest absolute Gasteiger partial charge is 0.216 e.